The minimum absolute atomic E-state index is 0. The Morgan fingerprint density at radius 2 is 2.11 bits per heavy atom. The third-order valence-electron chi connectivity index (χ3n) is 3.69. The predicted molar refractivity (Wildman–Crippen MR) is 83.1 cm³/mol. The van der Waals surface area contributed by atoms with Gasteiger partial charge in [-0.05, 0) is 19.8 Å². The number of aryl methyl sites for hydroxylation is 1. The van der Waals surface area contributed by atoms with E-state index in [4.69, 9.17) is 5.73 Å². The average Bonchev–Trinajstić information content (AvgIpc) is 2.95. The lowest BCUT2D eigenvalue weighted by atomic mass is 9.85. The molecule has 1 aliphatic carbocycles. The fourth-order valence-corrected chi connectivity index (χ4v) is 3.14. The number of amides is 1. The van der Waals surface area contributed by atoms with E-state index >= 15 is 0 Å². The molecule has 3 N–H and O–H groups in total. The van der Waals surface area contributed by atoms with Gasteiger partial charge in [-0.1, -0.05) is 12.8 Å². The molecule has 7 heteroatoms. The Labute approximate surface area is 130 Å². The molecule has 1 aliphatic rings. The first-order chi connectivity index (χ1) is 8.18. The fourth-order valence-electron chi connectivity index (χ4n) is 2.42. The van der Waals surface area contributed by atoms with Crippen molar-refractivity contribution in [2.24, 2.45) is 11.1 Å². The largest absolute Gasteiger partial charge is 0.351 e. The minimum Gasteiger partial charge on any atom is -0.351 e. The highest BCUT2D eigenvalue weighted by Crippen LogP contribution is 2.37. The quantitative estimate of drug-likeness (QED) is 0.893. The van der Waals surface area contributed by atoms with E-state index in [9.17, 15) is 4.79 Å². The first-order valence-corrected chi connectivity index (χ1v) is 6.93. The van der Waals surface area contributed by atoms with Gasteiger partial charge in [-0.3, -0.25) is 4.79 Å². The van der Waals surface area contributed by atoms with Crippen molar-refractivity contribution in [1.29, 1.82) is 0 Å². The van der Waals surface area contributed by atoms with Crippen molar-refractivity contribution in [1.82, 2.24) is 10.3 Å². The zero-order valence-corrected chi connectivity index (χ0v) is 13.4. The van der Waals surface area contributed by atoms with Gasteiger partial charge in [-0.15, -0.1) is 36.2 Å². The predicted octanol–water partition coefficient (Wildman–Crippen LogP) is 2.43. The Morgan fingerprint density at radius 3 is 2.58 bits per heavy atom. The zero-order valence-electron chi connectivity index (χ0n) is 11.0. The summed E-state index contributed by atoms with van der Waals surface area (Å²) >= 11 is 1.58. The highest BCUT2D eigenvalue weighted by molar-refractivity contribution is 7.09. The molecule has 0 aromatic carbocycles. The van der Waals surface area contributed by atoms with Crippen LogP contribution in [0.2, 0.25) is 0 Å². The van der Waals surface area contributed by atoms with Gasteiger partial charge in [0.2, 0.25) is 5.91 Å². The van der Waals surface area contributed by atoms with Crippen LogP contribution in [0.3, 0.4) is 0 Å². The summed E-state index contributed by atoms with van der Waals surface area (Å²) in [6.45, 7) is 3.00. The molecule has 0 bridgehead atoms. The van der Waals surface area contributed by atoms with Gasteiger partial charge in [-0.2, -0.15) is 0 Å². The zero-order chi connectivity index (χ0) is 12.3. The van der Waals surface area contributed by atoms with Crippen LogP contribution in [0.5, 0.6) is 0 Å². The smallest absolute Gasteiger partial charge is 0.227 e. The fraction of sp³-hybridized carbons (Fsp3) is 0.667. The molecule has 0 radical (unpaired) electrons. The Balaban J connectivity index is 0.00000162. The second-order valence-corrected chi connectivity index (χ2v) is 5.67. The molecule has 0 saturated heterocycles. The van der Waals surface area contributed by atoms with Crippen molar-refractivity contribution in [2.45, 2.75) is 39.2 Å². The number of thiazole rings is 1. The molecule has 0 atom stereocenters. The number of nitrogens with two attached hydrogens (primary N) is 1. The van der Waals surface area contributed by atoms with E-state index in [1.165, 1.54) is 0 Å². The molecular formula is C12H21Cl2N3OS. The highest BCUT2D eigenvalue weighted by Gasteiger charge is 2.39. The van der Waals surface area contributed by atoms with Gasteiger partial charge in [0.05, 0.1) is 23.2 Å². The molecule has 110 valence electrons. The molecular weight excluding hydrogens is 305 g/mol. The number of nitrogens with one attached hydrogen (secondary N) is 1. The standard InChI is InChI=1S/C12H19N3OS.2ClH/c1-9-10(17-8-15-9)6-14-11(16)12(7-13)4-2-3-5-12;;/h8H,2-7,13H2,1H3,(H,14,16);2*1H. The van der Waals surface area contributed by atoms with Crippen LogP contribution in [0, 0.1) is 12.3 Å². The third-order valence-corrected chi connectivity index (χ3v) is 4.62. The molecule has 0 unspecified atom stereocenters. The Morgan fingerprint density at radius 1 is 1.47 bits per heavy atom. The molecule has 1 amide bonds. The van der Waals surface area contributed by atoms with E-state index in [2.05, 4.69) is 10.3 Å². The summed E-state index contributed by atoms with van der Waals surface area (Å²) in [7, 11) is 0. The topological polar surface area (TPSA) is 68.0 Å². The maximum Gasteiger partial charge on any atom is 0.227 e. The van der Waals surface area contributed by atoms with Crippen LogP contribution >= 0.6 is 36.2 Å². The van der Waals surface area contributed by atoms with Crippen molar-refractivity contribution in [2.75, 3.05) is 6.54 Å². The lowest BCUT2D eigenvalue weighted by molar-refractivity contribution is -0.130. The second-order valence-electron chi connectivity index (χ2n) is 4.74. The van der Waals surface area contributed by atoms with E-state index in [1.807, 2.05) is 12.4 Å². The van der Waals surface area contributed by atoms with Crippen LogP contribution in [0.25, 0.3) is 0 Å². The summed E-state index contributed by atoms with van der Waals surface area (Å²) in [5.41, 5.74) is 8.28. The molecule has 2 rings (SSSR count). The Hall–Kier alpha value is -0.360. The number of hydrogen-bond acceptors (Lipinski definition) is 4. The molecule has 0 spiro atoms. The number of carbonyl (C=O) groups is 1. The summed E-state index contributed by atoms with van der Waals surface area (Å²) in [5.74, 6) is 0.116. The maximum atomic E-state index is 12.2. The van der Waals surface area contributed by atoms with Crippen LogP contribution < -0.4 is 11.1 Å². The van der Waals surface area contributed by atoms with Gasteiger partial charge in [0.15, 0.2) is 0 Å². The number of aromatic nitrogens is 1. The van der Waals surface area contributed by atoms with Crippen molar-refractivity contribution >= 4 is 42.1 Å². The number of hydrogen-bond donors (Lipinski definition) is 2. The summed E-state index contributed by atoms with van der Waals surface area (Å²) in [5, 5.41) is 3.01. The van der Waals surface area contributed by atoms with E-state index < -0.39 is 0 Å². The number of rotatable bonds is 4. The third kappa shape index (κ3) is 4.05. The van der Waals surface area contributed by atoms with Crippen LogP contribution in [-0.2, 0) is 11.3 Å². The van der Waals surface area contributed by atoms with Gasteiger partial charge in [0.25, 0.3) is 0 Å². The SMILES string of the molecule is Cc1ncsc1CNC(=O)C1(CN)CCCC1.Cl.Cl. The second kappa shape index (κ2) is 8.04. The maximum absolute atomic E-state index is 12.2. The van der Waals surface area contributed by atoms with E-state index in [0.29, 0.717) is 13.1 Å². The van der Waals surface area contributed by atoms with E-state index in [1.54, 1.807) is 11.3 Å². The molecule has 1 fully saturated rings. The molecule has 0 aliphatic heterocycles. The molecule has 1 heterocycles. The molecule has 1 aromatic heterocycles. The Bertz CT molecular complexity index is 405. The molecule has 1 aromatic rings. The molecule has 4 nitrogen and oxygen atoms in total. The van der Waals surface area contributed by atoms with E-state index in [0.717, 1.165) is 36.3 Å². The first-order valence-electron chi connectivity index (χ1n) is 6.05. The summed E-state index contributed by atoms with van der Waals surface area (Å²) in [6.07, 6.45) is 4.09. The van der Waals surface area contributed by atoms with Crippen molar-refractivity contribution in [3.63, 3.8) is 0 Å². The minimum atomic E-state index is -0.307. The van der Waals surface area contributed by atoms with Gasteiger partial charge in [0.1, 0.15) is 0 Å². The monoisotopic (exact) mass is 325 g/mol. The number of carbonyl (C=O) groups excluding carboxylic acids is 1. The Kier molecular flexibility index (Phi) is 7.89. The van der Waals surface area contributed by atoms with Crippen molar-refractivity contribution in [3.05, 3.63) is 16.1 Å². The highest BCUT2D eigenvalue weighted by atomic mass is 35.5. The van der Waals surface area contributed by atoms with Crippen LogP contribution in [-0.4, -0.2) is 17.4 Å². The van der Waals surface area contributed by atoms with Crippen LogP contribution in [0.1, 0.15) is 36.3 Å². The first kappa shape index (κ1) is 18.6. The van der Waals surface area contributed by atoms with Gasteiger partial charge < -0.3 is 11.1 Å². The molecule has 19 heavy (non-hydrogen) atoms. The normalized spacial score (nSPS) is 16.3. The summed E-state index contributed by atoms with van der Waals surface area (Å²) in [6, 6.07) is 0. The average molecular weight is 326 g/mol. The number of nitrogens with zero attached hydrogens (tertiary/aromatic N) is 1. The van der Waals surface area contributed by atoms with Crippen LogP contribution in [0.4, 0.5) is 0 Å². The van der Waals surface area contributed by atoms with Gasteiger partial charge in [-0.25, -0.2) is 4.98 Å². The van der Waals surface area contributed by atoms with Crippen molar-refractivity contribution < 1.29 is 4.79 Å². The number of halogens is 2. The summed E-state index contributed by atoms with van der Waals surface area (Å²) in [4.78, 5) is 17.5. The lowest BCUT2D eigenvalue weighted by Crippen LogP contribution is -2.43. The summed E-state index contributed by atoms with van der Waals surface area (Å²) < 4.78 is 0. The lowest BCUT2D eigenvalue weighted by Gasteiger charge is -2.25. The van der Waals surface area contributed by atoms with Gasteiger partial charge >= 0.3 is 0 Å². The van der Waals surface area contributed by atoms with Gasteiger partial charge in [0, 0.05) is 11.4 Å². The molecule has 1 saturated carbocycles. The van der Waals surface area contributed by atoms with Crippen molar-refractivity contribution in [3.8, 4) is 0 Å². The van der Waals surface area contributed by atoms with Crippen LogP contribution in [0.15, 0.2) is 5.51 Å². The van der Waals surface area contributed by atoms with E-state index in [-0.39, 0.29) is 36.1 Å².